The number of carbonyl (C=O) groups excluding carboxylic acids is 1. The van der Waals surface area contributed by atoms with Gasteiger partial charge in [0.25, 0.3) is 0 Å². The molecule has 1 aliphatic heterocycles. The summed E-state index contributed by atoms with van der Waals surface area (Å²) in [7, 11) is 0. The van der Waals surface area contributed by atoms with Gasteiger partial charge in [-0.05, 0) is 31.7 Å². The maximum Gasteiger partial charge on any atom is 0.317 e. The monoisotopic (exact) mass is 199 g/mol. The average Bonchev–Trinajstić information content (AvgIpc) is 2.26. The van der Waals surface area contributed by atoms with E-state index < -0.39 is 0 Å². The second-order valence-electron chi connectivity index (χ2n) is 3.90. The topological polar surface area (TPSA) is 58.4 Å². The number of hydrogen-bond donors (Lipinski definition) is 2. The van der Waals surface area contributed by atoms with Crippen molar-refractivity contribution in [2.75, 3.05) is 26.2 Å². The third-order valence-corrected chi connectivity index (χ3v) is 2.76. The van der Waals surface area contributed by atoms with Crippen LogP contribution in [0.1, 0.15) is 26.2 Å². The van der Waals surface area contributed by atoms with Gasteiger partial charge in [0, 0.05) is 19.6 Å². The Morgan fingerprint density at radius 3 is 2.64 bits per heavy atom. The molecule has 0 atom stereocenters. The van der Waals surface area contributed by atoms with Crippen molar-refractivity contribution in [2.24, 2.45) is 11.7 Å². The zero-order chi connectivity index (χ0) is 10.4. The van der Waals surface area contributed by atoms with Crippen LogP contribution in [0.25, 0.3) is 0 Å². The summed E-state index contributed by atoms with van der Waals surface area (Å²) < 4.78 is 0. The molecule has 0 aromatic rings. The van der Waals surface area contributed by atoms with Gasteiger partial charge < -0.3 is 16.0 Å². The largest absolute Gasteiger partial charge is 0.338 e. The van der Waals surface area contributed by atoms with Crippen molar-refractivity contribution in [3.05, 3.63) is 0 Å². The van der Waals surface area contributed by atoms with Crippen LogP contribution in [-0.4, -0.2) is 37.1 Å². The van der Waals surface area contributed by atoms with Crippen LogP contribution in [0.2, 0.25) is 0 Å². The van der Waals surface area contributed by atoms with Crippen LogP contribution < -0.4 is 11.1 Å². The minimum atomic E-state index is 0.0855. The maximum absolute atomic E-state index is 11.5. The van der Waals surface area contributed by atoms with Crippen molar-refractivity contribution in [3.63, 3.8) is 0 Å². The third kappa shape index (κ3) is 3.18. The number of likely N-dealkylation sites (tertiary alicyclic amines) is 1. The van der Waals surface area contributed by atoms with Gasteiger partial charge in [0.15, 0.2) is 0 Å². The van der Waals surface area contributed by atoms with E-state index in [4.69, 9.17) is 5.73 Å². The number of carbonyl (C=O) groups is 1. The fourth-order valence-electron chi connectivity index (χ4n) is 1.72. The van der Waals surface area contributed by atoms with Crippen molar-refractivity contribution in [1.82, 2.24) is 10.2 Å². The van der Waals surface area contributed by atoms with E-state index in [0.717, 1.165) is 45.4 Å². The van der Waals surface area contributed by atoms with Gasteiger partial charge in [-0.25, -0.2) is 4.79 Å². The molecule has 0 aromatic heterocycles. The Hall–Kier alpha value is -0.770. The highest BCUT2D eigenvalue weighted by Crippen LogP contribution is 2.15. The fraction of sp³-hybridized carbons (Fsp3) is 0.900. The summed E-state index contributed by atoms with van der Waals surface area (Å²) in [5.41, 5.74) is 5.59. The first-order chi connectivity index (χ1) is 6.77. The predicted octanol–water partition coefficient (Wildman–Crippen LogP) is 0.777. The number of nitrogens with one attached hydrogen (secondary N) is 1. The summed E-state index contributed by atoms with van der Waals surface area (Å²) in [6, 6.07) is 0.0855. The molecule has 4 heteroatoms. The van der Waals surface area contributed by atoms with Crippen LogP contribution in [0, 0.1) is 5.92 Å². The summed E-state index contributed by atoms with van der Waals surface area (Å²) in [6.07, 6.45) is 3.09. The molecule has 0 radical (unpaired) electrons. The molecule has 0 aromatic carbocycles. The molecule has 0 bridgehead atoms. The molecule has 1 rings (SSSR count). The van der Waals surface area contributed by atoms with E-state index in [-0.39, 0.29) is 6.03 Å². The summed E-state index contributed by atoms with van der Waals surface area (Å²) in [4.78, 5) is 13.4. The molecule has 1 heterocycles. The van der Waals surface area contributed by atoms with Gasteiger partial charge in [-0.2, -0.15) is 0 Å². The highest BCUT2D eigenvalue weighted by Gasteiger charge is 2.21. The molecule has 3 N–H and O–H groups in total. The van der Waals surface area contributed by atoms with Gasteiger partial charge >= 0.3 is 6.03 Å². The van der Waals surface area contributed by atoms with Crippen molar-refractivity contribution >= 4 is 6.03 Å². The van der Waals surface area contributed by atoms with Crippen LogP contribution in [0.5, 0.6) is 0 Å². The van der Waals surface area contributed by atoms with E-state index in [1.54, 1.807) is 0 Å². The lowest BCUT2D eigenvalue weighted by atomic mass is 9.97. The van der Waals surface area contributed by atoms with Crippen molar-refractivity contribution in [1.29, 1.82) is 0 Å². The van der Waals surface area contributed by atoms with Gasteiger partial charge in [0.2, 0.25) is 0 Å². The van der Waals surface area contributed by atoms with Crippen molar-refractivity contribution < 1.29 is 4.79 Å². The number of nitrogens with two attached hydrogens (primary N) is 1. The molecule has 1 aliphatic rings. The predicted molar refractivity (Wildman–Crippen MR) is 57.0 cm³/mol. The molecule has 2 amide bonds. The van der Waals surface area contributed by atoms with E-state index >= 15 is 0 Å². The van der Waals surface area contributed by atoms with Crippen LogP contribution in [0.3, 0.4) is 0 Å². The molecular weight excluding hydrogens is 178 g/mol. The fourth-order valence-corrected chi connectivity index (χ4v) is 1.72. The molecule has 14 heavy (non-hydrogen) atoms. The normalized spacial score (nSPS) is 18.3. The van der Waals surface area contributed by atoms with Crippen LogP contribution in [0.15, 0.2) is 0 Å². The minimum Gasteiger partial charge on any atom is -0.338 e. The lowest BCUT2D eigenvalue weighted by Gasteiger charge is -2.31. The van der Waals surface area contributed by atoms with E-state index in [2.05, 4.69) is 12.2 Å². The molecule has 1 saturated heterocycles. The highest BCUT2D eigenvalue weighted by molar-refractivity contribution is 5.74. The van der Waals surface area contributed by atoms with Crippen molar-refractivity contribution in [2.45, 2.75) is 26.2 Å². The average molecular weight is 199 g/mol. The van der Waals surface area contributed by atoms with Crippen LogP contribution in [-0.2, 0) is 0 Å². The van der Waals surface area contributed by atoms with Gasteiger partial charge in [-0.1, -0.05) is 6.92 Å². The lowest BCUT2D eigenvalue weighted by Crippen LogP contribution is -2.45. The van der Waals surface area contributed by atoms with Gasteiger partial charge in [-0.15, -0.1) is 0 Å². The number of nitrogens with zero attached hydrogens (tertiary/aromatic N) is 1. The summed E-state index contributed by atoms with van der Waals surface area (Å²) >= 11 is 0. The Labute approximate surface area is 85.8 Å². The smallest absolute Gasteiger partial charge is 0.317 e. The molecule has 0 aliphatic carbocycles. The second kappa shape index (κ2) is 5.86. The number of amides is 2. The zero-order valence-electron chi connectivity index (χ0n) is 8.96. The van der Waals surface area contributed by atoms with Gasteiger partial charge in [0.1, 0.15) is 0 Å². The quantitative estimate of drug-likeness (QED) is 0.705. The van der Waals surface area contributed by atoms with Crippen LogP contribution >= 0.6 is 0 Å². The van der Waals surface area contributed by atoms with Gasteiger partial charge in [0.05, 0.1) is 0 Å². The third-order valence-electron chi connectivity index (χ3n) is 2.76. The van der Waals surface area contributed by atoms with Crippen LogP contribution in [0.4, 0.5) is 4.79 Å². The summed E-state index contributed by atoms with van der Waals surface area (Å²) in [5.74, 6) is 0.616. The summed E-state index contributed by atoms with van der Waals surface area (Å²) in [6.45, 7) is 5.30. The van der Waals surface area contributed by atoms with E-state index in [0.29, 0.717) is 5.92 Å². The highest BCUT2D eigenvalue weighted by atomic mass is 16.2. The number of rotatable bonds is 3. The standard InChI is InChI=1S/C10H21N3O/c1-2-5-12-10(14)13-6-3-9(8-11)4-7-13/h9H,2-8,11H2,1H3,(H,12,14). The second-order valence-corrected chi connectivity index (χ2v) is 3.90. The molecular formula is C10H21N3O. The number of piperidine rings is 1. The van der Waals surface area contributed by atoms with E-state index in [9.17, 15) is 4.79 Å². The SMILES string of the molecule is CCCNC(=O)N1CCC(CN)CC1. The lowest BCUT2D eigenvalue weighted by molar-refractivity contribution is 0.172. The Bertz CT molecular complexity index is 176. The van der Waals surface area contributed by atoms with E-state index in [1.807, 2.05) is 4.90 Å². The van der Waals surface area contributed by atoms with Gasteiger partial charge in [-0.3, -0.25) is 0 Å². The minimum absolute atomic E-state index is 0.0855. The molecule has 4 nitrogen and oxygen atoms in total. The van der Waals surface area contributed by atoms with Crippen molar-refractivity contribution in [3.8, 4) is 0 Å². The molecule has 0 spiro atoms. The Morgan fingerprint density at radius 2 is 2.14 bits per heavy atom. The molecule has 1 fully saturated rings. The first-order valence-electron chi connectivity index (χ1n) is 5.50. The first-order valence-corrected chi connectivity index (χ1v) is 5.50. The molecule has 0 unspecified atom stereocenters. The molecule has 0 saturated carbocycles. The number of hydrogen-bond acceptors (Lipinski definition) is 2. The maximum atomic E-state index is 11.5. The number of urea groups is 1. The molecule has 82 valence electrons. The van der Waals surface area contributed by atoms with E-state index in [1.165, 1.54) is 0 Å². The zero-order valence-corrected chi connectivity index (χ0v) is 8.96. The summed E-state index contributed by atoms with van der Waals surface area (Å²) in [5, 5.41) is 2.89. The Balaban J connectivity index is 2.23. The Kier molecular flexibility index (Phi) is 4.73. The first kappa shape index (κ1) is 11.3. The Morgan fingerprint density at radius 1 is 1.50 bits per heavy atom.